The van der Waals surface area contributed by atoms with Crippen LogP contribution in [0.3, 0.4) is 0 Å². The minimum Gasteiger partial charge on any atom is -0.325 e. The van der Waals surface area contributed by atoms with Crippen LogP contribution in [-0.4, -0.2) is 31.3 Å². The molecule has 1 aromatic carbocycles. The van der Waals surface area contributed by atoms with Gasteiger partial charge in [0.1, 0.15) is 0 Å². The van der Waals surface area contributed by atoms with Gasteiger partial charge in [0.15, 0.2) is 9.84 Å². The van der Waals surface area contributed by atoms with Crippen molar-refractivity contribution >= 4 is 44.5 Å². The monoisotopic (exact) mass is 356 g/mol. The molecular formula is C14H16N2O3S3. The first kappa shape index (κ1) is 17.0. The molecule has 5 nitrogen and oxygen atoms in total. The number of sulfone groups is 1. The maximum atomic E-state index is 11.8. The standard InChI is InChI=1S/C14H16N2O3S3/c1-10-15-12(8-21-10)7-20-9-14(17)16-11-3-5-13(6-4-11)22(2,18)19/h3-6,8H,7,9H2,1-2H3,(H,16,17). The van der Waals surface area contributed by atoms with Gasteiger partial charge in [-0.2, -0.15) is 0 Å². The second kappa shape index (κ2) is 7.26. The fraction of sp³-hybridized carbons (Fsp3) is 0.286. The zero-order valence-electron chi connectivity index (χ0n) is 12.2. The van der Waals surface area contributed by atoms with Crippen molar-refractivity contribution in [3.8, 4) is 0 Å². The van der Waals surface area contributed by atoms with Gasteiger partial charge in [-0.05, 0) is 31.2 Å². The fourth-order valence-electron chi connectivity index (χ4n) is 1.71. The van der Waals surface area contributed by atoms with Gasteiger partial charge in [-0.1, -0.05) is 0 Å². The zero-order chi connectivity index (χ0) is 16.2. The predicted molar refractivity (Wildman–Crippen MR) is 91.2 cm³/mol. The molecule has 0 saturated heterocycles. The smallest absolute Gasteiger partial charge is 0.234 e. The van der Waals surface area contributed by atoms with Crippen molar-refractivity contribution in [2.24, 2.45) is 0 Å². The SMILES string of the molecule is Cc1nc(CSCC(=O)Nc2ccc(S(C)(=O)=O)cc2)cs1. The Morgan fingerprint density at radius 2 is 2.00 bits per heavy atom. The first-order valence-electron chi connectivity index (χ1n) is 6.43. The number of anilines is 1. The van der Waals surface area contributed by atoms with Crippen LogP contribution in [0.25, 0.3) is 0 Å². The van der Waals surface area contributed by atoms with Crippen LogP contribution in [0.15, 0.2) is 34.5 Å². The summed E-state index contributed by atoms with van der Waals surface area (Å²) in [5.41, 5.74) is 1.57. The number of amides is 1. The Labute approximate surface area is 138 Å². The summed E-state index contributed by atoms with van der Waals surface area (Å²) in [6.07, 6.45) is 1.15. The van der Waals surface area contributed by atoms with E-state index in [1.165, 1.54) is 23.9 Å². The van der Waals surface area contributed by atoms with Gasteiger partial charge < -0.3 is 5.32 Å². The lowest BCUT2D eigenvalue weighted by Crippen LogP contribution is -2.14. The van der Waals surface area contributed by atoms with E-state index >= 15 is 0 Å². The summed E-state index contributed by atoms with van der Waals surface area (Å²) in [5, 5.41) is 5.75. The average molecular weight is 356 g/mol. The van der Waals surface area contributed by atoms with Crippen LogP contribution >= 0.6 is 23.1 Å². The van der Waals surface area contributed by atoms with E-state index in [0.717, 1.165) is 17.0 Å². The summed E-state index contributed by atoms with van der Waals surface area (Å²) in [5.74, 6) is 0.902. The highest BCUT2D eigenvalue weighted by Gasteiger charge is 2.08. The Hall–Kier alpha value is -1.38. The molecule has 0 radical (unpaired) electrons. The normalized spacial score (nSPS) is 11.4. The number of hydrogen-bond donors (Lipinski definition) is 1. The van der Waals surface area contributed by atoms with Crippen LogP contribution in [0.2, 0.25) is 0 Å². The third-order valence-electron chi connectivity index (χ3n) is 2.72. The molecule has 0 aliphatic heterocycles. The van der Waals surface area contributed by atoms with Crippen LogP contribution in [0.5, 0.6) is 0 Å². The number of thiazole rings is 1. The minimum atomic E-state index is -3.21. The summed E-state index contributed by atoms with van der Waals surface area (Å²) in [7, 11) is -3.21. The molecule has 2 rings (SSSR count). The van der Waals surface area contributed by atoms with Crippen molar-refractivity contribution in [3.05, 3.63) is 40.3 Å². The summed E-state index contributed by atoms with van der Waals surface area (Å²) < 4.78 is 22.7. The molecule has 0 aliphatic rings. The van der Waals surface area contributed by atoms with Gasteiger partial charge in [-0.25, -0.2) is 13.4 Å². The van der Waals surface area contributed by atoms with Gasteiger partial charge in [0.2, 0.25) is 5.91 Å². The Bertz CT molecular complexity index is 752. The van der Waals surface area contributed by atoms with E-state index in [1.807, 2.05) is 12.3 Å². The number of nitrogens with one attached hydrogen (secondary N) is 1. The van der Waals surface area contributed by atoms with Gasteiger partial charge >= 0.3 is 0 Å². The average Bonchev–Trinajstić information content (AvgIpc) is 2.84. The van der Waals surface area contributed by atoms with Gasteiger partial charge in [-0.15, -0.1) is 23.1 Å². The molecule has 1 amide bonds. The number of hydrogen-bond acceptors (Lipinski definition) is 6. The van der Waals surface area contributed by atoms with Crippen LogP contribution in [-0.2, 0) is 20.4 Å². The number of thioether (sulfide) groups is 1. The van der Waals surface area contributed by atoms with Crippen molar-refractivity contribution in [1.82, 2.24) is 4.98 Å². The number of rotatable bonds is 6. The van der Waals surface area contributed by atoms with E-state index in [-0.39, 0.29) is 10.8 Å². The van der Waals surface area contributed by atoms with Crippen molar-refractivity contribution in [2.45, 2.75) is 17.6 Å². The predicted octanol–water partition coefficient (Wildman–Crippen LogP) is 2.73. The summed E-state index contributed by atoms with van der Waals surface area (Å²) >= 11 is 3.09. The summed E-state index contributed by atoms with van der Waals surface area (Å²) in [6.45, 7) is 1.95. The Morgan fingerprint density at radius 3 is 2.55 bits per heavy atom. The maximum absolute atomic E-state index is 11.8. The molecule has 2 aromatic rings. The number of aryl methyl sites for hydroxylation is 1. The highest BCUT2D eigenvalue weighted by atomic mass is 32.2. The molecule has 0 unspecified atom stereocenters. The van der Waals surface area contributed by atoms with Crippen LogP contribution in [0.4, 0.5) is 5.69 Å². The maximum Gasteiger partial charge on any atom is 0.234 e. The highest BCUT2D eigenvalue weighted by molar-refractivity contribution is 7.99. The summed E-state index contributed by atoms with van der Waals surface area (Å²) in [4.78, 5) is 16.4. The van der Waals surface area contributed by atoms with Crippen LogP contribution < -0.4 is 5.32 Å². The topological polar surface area (TPSA) is 76.1 Å². The molecule has 22 heavy (non-hydrogen) atoms. The molecule has 1 heterocycles. The third kappa shape index (κ3) is 5.11. The Kier molecular flexibility index (Phi) is 5.60. The minimum absolute atomic E-state index is 0.121. The second-order valence-electron chi connectivity index (χ2n) is 4.70. The van der Waals surface area contributed by atoms with E-state index in [9.17, 15) is 13.2 Å². The Morgan fingerprint density at radius 1 is 1.32 bits per heavy atom. The molecule has 0 atom stereocenters. The van der Waals surface area contributed by atoms with E-state index in [0.29, 0.717) is 17.2 Å². The van der Waals surface area contributed by atoms with E-state index in [1.54, 1.807) is 23.5 Å². The fourth-order valence-corrected chi connectivity index (χ4v) is 3.77. The van der Waals surface area contributed by atoms with Crippen LogP contribution in [0, 0.1) is 6.92 Å². The quantitative estimate of drug-likeness (QED) is 0.861. The van der Waals surface area contributed by atoms with E-state index in [2.05, 4.69) is 10.3 Å². The number of carbonyl (C=O) groups excluding carboxylic acids is 1. The second-order valence-corrected chi connectivity index (χ2v) is 8.76. The van der Waals surface area contributed by atoms with E-state index in [4.69, 9.17) is 0 Å². The largest absolute Gasteiger partial charge is 0.325 e. The molecule has 0 spiro atoms. The van der Waals surface area contributed by atoms with Crippen molar-refractivity contribution in [2.75, 3.05) is 17.3 Å². The molecule has 118 valence electrons. The number of aromatic nitrogens is 1. The van der Waals surface area contributed by atoms with Crippen LogP contribution in [0.1, 0.15) is 10.7 Å². The molecular weight excluding hydrogens is 340 g/mol. The summed E-state index contributed by atoms with van der Waals surface area (Å²) in [6, 6.07) is 6.14. The molecule has 0 saturated carbocycles. The van der Waals surface area contributed by atoms with Gasteiger partial charge in [0.25, 0.3) is 0 Å². The molecule has 8 heteroatoms. The van der Waals surface area contributed by atoms with Crippen molar-refractivity contribution < 1.29 is 13.2 Å². The third-order valence-corrected chi connectivity index (χ3v) is 5.63. The zero-order valence-corrected chi connectivity index (χ0v) is 14.6. The first-order chi connectivity index (χ1) is 10.3. The van der Waals surface area contributed by atoms with Gasteiger partial charge in [0, 0.05) is 23.1 Å². The van der Waals surface area contributed by atoms with E-state index < -0.39 is 9.84 Å². The van der Waals surface area contributed by atoms with Gasteiger partial charge in [-0.3, -0.25) is 4.79 Å². The number of carbonyl (C=O) groups is 1. The molecule has 1 aromatic heterocycles. The van der Waals surface area contributed by atoms with Crippen molar-refractivity contribution in [3.63, 3.8) is 0 Å². The molecule has 1 N–H and O–H groups in total. The Balaban J connectivity index is 1.81. The number of nitrogens with zero attached hydrogens (tertiary/aromatic N) is 1. The molecule has 0 bridgehead atoms. The first-order valence-corrected chi connectivity index (χ1v) is 10.4. The lowest BCUT2D eigenvalue weighted by atomic mass is 10.3. The van der Waals surface area contributed by atoms with Gasteiger partial charge in [0.05, 0.1) is 21.3 Å². The molecule has 0 aliphatic carbocycles. The highest BCUT2D eigenvalue weighted by Crippen LogP contribution is 2.17. The number of benzene rings is 1. The lowest BCUT2D eigenvalue weighted by Gasteiger charge is -2.05. The lowest BCUT2D eigenvalue weighted by molar-refractivity contribution is -0.113. The van der Waals surface area contributed by atoms with Crippen molar-refractivity contribution in [1.29, 1.82) is 0 Å². The molecule has 0 fully saturated rings.